The van der Waals surface area contributed by atoms with Gasteiger partial charge in [0.2, 0.25) is 0 Å². The second kappa shape index (κ2) is 4.22. The van der Waals surface area contributed by atoms with Crippen LogP contribution in [0.2, 0.25) is 0 Å². The summed E-state index contributed by atoms with van der Waals surface area (Å²) in [6, 6.07) is 7.81. The molecular weight excluding hydrogens is 354 g/mol. The van der Waals surface area contributed by atoms with Gasteiger partial charge in [0.1, 0.15) is 0 Å². The molecule has 0 bridgehead atoms. The average Bonchev–Trinajstić information content (AvgIpc) is 1.94. The molecule has 0 aromatic heterocycles. The summed E-state index contributed by atoms with van der Waals surface area (Å²) in [7, 11) is 0. The van der Waals surface area contributed by atoms with Crippen LogP contribution in [0.25, 0.3) is 0 Å². The van der Waals surface area contributed by atoms with Gasteiger partial charge in [-0.15, -0.1) is 0 Å². The first-order chi connectivity index (χ1) is 4.84. The molecule has 1 rings (SSSR count). The number of benzene rings is 1. The van der Waals surface area contributed by atoms with E-state index in [1.807, 2.05) is 24.3 Å². The Labute approximate surface area is 80.4 Å². The Bertz CT molecular complexity index is 215. The van der Waals surface area contributed by atoms with Gasteiger partial charge in [-0.05, 0) is 0 Å². The number of para-hydroxylation sites is 2. The van der Waals surface area contributed by atoms with E-state index in [4.69, 9.17) is 5.73 Å². The molecule has 1 aromatic carbocycles. The Kier molecular flexibility index (Phi) is 3.53. The van der Waals surface area contributed by atoms with Crippen LogP contribution in [0.5, 0.6) is 0 Å². The van der Waals surface area contributed by atoms with Gasteiger partial charge in [0.15, 0.2) is 0 Å². The molecule has 0 heterocycles. The summed E-state index contributed by atoms with van der Waals surface area (Å²) in [6.07, 6.45) is 0. The van der Waals surface area contributed by atoms with Crippen molar-refractivity contribution < 1.29 is 17.5 Å². The Morgan fingerprint density at radius 1 is 1.40 bits per heavy atom. The molecule has 56 valence electrons. The van der Waals surface area contributed by atoms with Crippen molar-refractivity contribution in [2.45, 2.75) is 0 Å². The number of hydrogen-bond acceptors (Lipinski definition) is 2. The molecule has 0 amide bonds. The van der Waals surface area contributed by atoms with Crippen molar-refractivity contribution in [3.63, 3.8) is 0 Å². The first-order valence-electron chi connectivity index (χ1n) is 2.70. The minimum atomic E-state index is 0.0520. The van der Waals surface area contributed by atoms with E-state index in [9.17, 15) is 0 Å². The van der Waals surface area contributed by atoms with Crippen molar-refractivity contribution in [1.29, 1.82) is 0 Å². The molecule has 0 aliphatic carbocycles. The molecule has 1 aromatic rings. The van der Waals surface area contributed by atoms with Crippen LogP contribution in [-0.2, 0) is 0 Å². The van der Waals surface area contributed by atoms with Crippen LogP contribution < -0.4 is 26.8 Å². The molecule has 0 spiro atoms. The predicted molar refractivity (Wildman–Crippen MR) is 48.5 cm³/mol. The molecule has 2 nitrogen and oxygen atoms in total. The van der Waals surface area contributed by atoms with E-state index in [2.05, 4.69) is 22.1 Å². The molecule has 3 N–H and O–H groups in total. The van der Waals surface area contributed by atoms with E-state index < -0.39 is 0 Å². The van der Waals surface area contributed by atoms with Gasteiger partial charge in [-0.2, -0.15) is 0 Å². The van der Waals surface area contributed by atoms with Gasteiger partial charge < -0.3 is 0 Å². The van der Waals surface area contributed by atoms with Gasteiger partial charge >= 0.3 is 81.0 Å². The maximum atomic E-state index is 5.66. The number of nitrogens with two attached hydrogens (primary N) is 1. The van der Waals surface area contributed by atoms with Crippen LogP contribution in [0.1, 0.15) is 0 Å². The van der Waals surface area contributed by atoms with Gasteiger partial charge in [-0.1, -0.05) is 0 Å². The summed E-state index contributed by atoms with van der Waals surface area (Å²) in [5, 5.41) is 0. The van der Waals surface area contributed by atoms with Gasteiger partial charge in [0, 0.05) is 0 Å². The van der Waals surface area contributed by atoms with E-state index in [1.165, 1.54) is 0 Å². The fourth-order valence-electron chi connectivity index (χ4n) is 0.622. The SMILES string of the molecule is Nc1ccccc1N[I-]I. The van der Waals surface area contributed by atoms with Crippen molar-refractivity contribution in [1.82, 2.24) is 0 Å². The summed E-state index contributed by atoms with van der Waals surface area (Å²) in [5.74, 6) is 0. The predicted octanol–water partition coefficient (Wildman–Crippen LogP) is -0.965. The maximum absolute atomic E-state index is 5.66. The Hall–Kier alpha value is 0.280. The first-order valence-corrected chi connectivity index (χ1v) is 10.1. The second-order valence-electron chi connectivity index (χ2n) is 1.75. The fourth-order valence-corrected chi connectivity index (χ4v) is 2.81. The number of hydrogen-bond donors (Lipinski definition) is 2. The summed E-state index contributed by atoms with van der Waals surface area (Å²) in [5.41, 5.74) is 7.55. The molecule has 0 aliphatic rings. The quantitative estimate of drug-likeness (QED) is 0.405. The number of nitrogens with one attached hydrogen (secondary N) is 1. The standard InChI is InChI=1S/C6H7I2N2/c7-8-10-6-4-2-1-3-5(6)9/h1-4,10H,9H2/q-1. The molecule has 0 fully saturated rings. The Morgan fingerprint density at radius 3 is 2.70 bits per heavy atom. The first kappa shape index (κ1) is 8.38. The second-order valence-corrected chi connectivity index (χ2v) is 5.44. The molecule has 0 atom stereocenters. The fraction of sp³-hybridized carbons (Fsp3) is 0. The van der Waals surface area contributed by atoms with Crippen LogP contribution in [-0.4, -0.2) is 0 Å². The zero-order chi connectivity index (χ0) is 7.40. The number of nitrogen functional groups attached to an aromatic ring is 1. The third kappa shape index (κ3) is 2.15. The number of anilines is 2. The van der Waals surface area contributed by atoms with Gasteiger partial charge in [-0.25, -0.2) is 0 Å². The molecule has 4 heteroatoms. The molecule has 10 heavy (non-hydrogen) atoms. The average molecular weight is 361 g/mol. The zero-order valence-electron chi connectivity index (χ0n) is 5.14. The van der Waals surface area contributed by atoms with E-state index in [-0.39, 0.29) is 17.5 Å². The monoisotopic (exact) mass is 361 g/mol. The number of halogens is 2. The van der Waals surface area contributed by atoms with Crippen molar-refractivity contribution in [3.8, 4) is 0 Å². The topological polar surface area (TPSA) is 38.0 Å². The van der Waals surface area contributed by atoms with Crippen LogP contribution in [0.15, 0.2) is 24.3 Å². The minimum absolute atomic E-state index is 0.0520. The molecule has 0 radical (unpaired) electrons. The third-order valence-electron chi connectivity index (χ3n) is 1.10. The molecule has 0 unspecified atom stereocenters. The molecule has 0 saturated carbocycles. The number of rotatable bonds is 2. The van der Waals surface area contributed by atoms with E-state index in [1.54, 1.807) is 0 Å². The zero-order valence-corrected chi connectivity index (χ0v) is 9.46. The van der Waals surface area contributed by atoms with Crippen molar-refractivity contribution in [2.75, 3.05) is 9.26 Å². The summed E-state index contributed by atoms with van der Waals surface area (Å²) in [4.78, 5) is 0. The van der Waals surface area contributed by atoms with Crippen LogP contribution >= 0.6 is 18.6 Å². The van der Waals surface area contributed by atoms with E-state index in [0.717, 1.165) is 11.4 Å². The summed E-state index contributed by atoms with van der Waals surface area (Å²) in [6.45, 7) is 0. The summed E-state index contributed by atoms with van der Waals surface area (Å²) >= 11 is 2.40. The van der Waals surface area contributed by atoms with Gasteiger partial charge in [-0.3, -0.25) is 0 Å². The van der Waals surface area contributed by atoms with Crippen molar-refractivity contribution in [3.05, 3.63) is 24.3 Å². The van der Waals surface area contributed by atoms with Crippen LogP contribution in [0, 0.1) is 0 Å². The normalized spacial score (nSPS) is 9.70. The van der Waals surface area contributed by atoms with Crippen LogP contribution in [0.4, 0.5) is 11.4 Å². The third-order valence-corrected chi connectivity index (χ3v) is 3.25. The van der Waals surface area contributed by atoms with Crippen LogP contribution in [0.3, 0.4) is 0 Å². The van der Waals surface area contributed by atoms with E-state index in [0.29, 0.717) is 0 Å². The Balaban J connectivity index is 2.81. The molecular formula is C6H7I2N2-. The van der Waals surface area contributed by atoms with E-state index >= 15 is 0 Å². The summed E-state index contributed by atoms with van der Waals surface area (Å²) < 4.78 is 3.25. The van der Waals surface area contributed by atoms with Crippen molar-refractivity contribution >= 4 is 30.0 Å². The van der Waals surface area contributed by atoms with Crippen molar-refractivity contribution in [2.24, 2.45) is 0 Å². The molecule has 0 saturated heterocycles. The van der Waals surface area contributed by atoms with Gasteiger partial charge in [0.25, 0.3) is 0 Å². The Morgan fingerprint density at radius 2 is 2.10 bits per heavy atom. The van der Waals surface area contributed by atoms with Gasteiger partial charge in [0.05, 0.1) is 0 Å². The molecule has 0 aliphatic heterocycles.